The first kappa shape index (κ1) is 44.6. The van der Waals surface area contributed by atoms with Crippen molar-refractivity contribution in [2.45, 2.75) is 162 Å². The lowest BCUT2D eigenvalue weighted by atomic mass is 9.73. The molecule has 318 valence electrons. The van der Waals surface area contributed by atoms with Gasteiger partial charge in [-0.15, -0.1) is 0 Å². The quantitative estimate of drug-likeness (QED) is 0.157. The third-order valence-electron chi connectivity index (χ3n) is 13.1. The number of methoxy groups -OCH3 is 1. The monoisotopic (exact) mass is 798 g/mol. The Labute approximate surface area is 337 Å². The Bertz CT molecular complexity index is 1730. The van der Waals surface area contributed by atoms with E-state index in [4.69, 9.17) is 23.7 Å². The van der Waals surface area contributed by atoms with Gasteiger partial charge >= 0.3 is 12.1 Å². The van der Waals surface area contributed by atoms with E-state index in [9.17, 15) is 24.3 Å². The highest BCUT2D eigenvalue weighted by Crippen LogP contribution is 2.44. The summed E-state index contributed by atoms with van der Waals surface area (Å²) in [6.07, 6.45) is 1.68. The lowest BCUT2D eigenvalue weighted by Gasteiger charge is -2.47. The van der Waals surface area contributed by atoms with Crippen LogP contribution in [0.25, 0.3) is 11.2 Å². The predicted molar refractivity (Wildman–Crippen MR) is 212 cm³/mol. The van der Waals surface area contributed by atoms with Gasteiger partial charge in [-0.1, -0.05) is 48.0 Å². The highest BCUT2D eigenvalue weighted by Gasteiger charge is 2.60. The van der Waals surface area contributed by atoms with Crippen LogP contribution in [0.2, 0.25) is 0 Å². The number of aryl methyl sites for hydroxylation is 1. The molecule has 3 aliphatic rings. The maximum Gasteiger partial charge on any atom is 0.410 e. The molecular weight excluding hydrogens is 732 g/mol. The number of ether oxygens (including phenoxy) is 5. The van der Waals surface area contributed by atoms with Crippen LogP contribution in [0.15, 0.2) is 24.7 Å². The smallest absolute Gasteiger partial charge is 0.410 e. The molecule has 5 rings (SSSR count). The molecule has 57 heavy (non-hydrogen) atoms. The Morgan fingerprint density at radius 1 is 1.00 bits per heavy atom. The Hall–Kier alpha value is -3.46. The Balaban J connectivity index is 1.48. The number of aromatic nitrogens is 3. The number of carbonyl (C=O) groups excluding carboxylic acids is 4. The van der Waals surface area contributed by atoms with E-state index in [0.29, 0.717) is 50.8 Å². The molecule has 2 aromatic heterocycles. The summed E-state index contributed by atoms with van der Waals surface area (Å²) in [5, 5.41) is 11.5. The van der Waals surface area contributed by atoms with E-state index < -0.39 is 83.4 Å². The summed E-state index contributed by atoms with van der Waals surface area (Å²) in [7, 11) is 1.51. The summed E-state index contributed by atoms with van der Waals surface area (Å²) < 4.78 is 33.5. The van der Waals surface area contributed by atoms with Gasteiger partial charge in [0.25, 0.3) is 0 Å². The van der Waals surface area contributed by atoms with Crippen LogP contribution in [0.3, 0.4) is 0 Å². The third-order valence-corrected chi connectivity index (χ3v) is 13.1. The number of ketones is 2. The number of unbranched alkanes of at least 4 members (excludes halogenated alkanes) is 1. The zero-order valence-electron chi connectivity index (χ0n) is 35.8. The molecule has 0 saturated carbocycles. The van der Waals surface area contributed by atoms with Crippen LogP contribution in [-0.2, 0) is 44.6 Å². The summed E-state index contributed by atoms with van der Waals surface area (Å²) in [6, 6.07) is 3.05. The molecule has 3 fully saturated rings. The molecule has 0 spiro atoms. The number of carbonyl (C=O) groups is 4. The van der Waals surface area contributed by atoms with Gasteiger partial charge in [0, 0.05) is 44.1 Å². The van der Waals surface area contributed by atoms with Gasteiger partial charge in [0.2, 0.25) is 0 Å². The van der Waals surface area contributed by atoms with Crippen LogP contribution < -0.4 is 0 Å². The van der Waals surface area contributed by atoms with E-state index in [0.717, 1.165) is 5.52 Å². The van der Waals surface area contributed by atoms with E-state index in [1.807, 2.05) is 58.2 Å². The van der Waals surface area contributed by atoms with Crippen molar-refractivity contribution in [3.05, 3.63) is 24.7 Å². The number of hydrogen-bond acceptors (Lipinski definition) is 12. The van der Waals surface area contributed by atoms with Crippen molar-refractivity contribution >= 4 is 34.8 Å². The number of fused-ring (bicyclic) bond motifs is 2. The van der Waals surface area contributed by atoms with Crippen LogP contribution in [0.4, 0.5) is 4.79 Å². The number of Topliss-reactive ketones (excluding diaryl/α,β-unsaturated/α-hetero) is 2. The van der Waals surface area contributed by atoms with Crippen LogP contribution in [-0.4, -0.2) is 110 Å². The molecule has 13 atom stereocenters. The Morgan fingerprint density at radius 2 is 1.70 bits per heavy atom. The largest absolute Gasteiger partial charge is 0.457 e. The number of esters is 1. The zero-order chi connectivity index (χ0) is 42.0. The second kappa shape index (κ2) is 18.2. The summed E-state index contributed by atoms with van der Waals surface area (Å²) in [4.78, 5) is 67.4. The molecule has 3 aliphatic heterocycles. The molecule has 1 amide bonds. The maximum absolute atomic E-state index is 14.8. The molecule has 0 aliphatic carbocycles. The van der Waals surface area contributed by atoms with Crippen LogP contribution in [0, 0.1) is 35.5 Å². The van der Waals surface area contributed by atoms with Crippen LogP contribution >= 0.6 is 0 Å². The topological polar surface area (TPSA) is 169 Å². The summed E-state index contributed by atoms with van der Waals surface area (Å²) >= 11 is 0. The summed E-state index contributed by atoms with van der Waals surface area (Å²) in [5.74, 6) is -4.83. The molecule has 0 radical (unpaired) electrons. The van der Waals surface area contributed by atoms with Gasteiger partial charge in [-0.05, 0) is 83.8 Å². The Morgan fingerprint density at radius 3 is 2.37 bits per heavy atom. The standard InChI is InChI=1S/C43H66N4O10/c1-12-16-32-43(10)36(47(41(52)57-43)20-14-13-19-46-23-45-38-31(46)17-15-18-44-38)27(6)33(48)25(4)22-42(9,53-11)37(28(7)34(49)29(8)39(51)55-32)56-40-35(50)30(24(2)3)21-26(5)54-40/h15,17-18,23-30,32,35-37,40,50H,12-14,16,19-22H2,1-11H3/t25-,26-,27+,28+,29-,30-,32?,35-,36+,37?,40+,42-,43-/m1/s1. The first-order valence-corrected chi connectivity index (χ1v) is 21.0. The molecule has 0 aromatic carbocycles. The van der Waals surface area contributed by atoms with Crippen molar-refractivity contribution in [3.63, 3.8) is 0 Å². The van der Waals surface area contributed by atoms with Gasteiger partial charge in [-0.2, -0.15) is 0 Å². The normalized spacial score (nSPS) is 37.3. The molecule has 1 N–H and O–H groups in total. The number of hydrogen-bond donors (Lipinski definition) is 1. The van der Waals surface area contributed by atoms with Crippen molar-refractivity contribution in [1.82, 2.24) is 19.4 Å². The first-order valence-electron chi connectivity index (χ1n) is 21.0. The molecule has 3 saturated heterocycles. The predicted octanol–water partition coefficient (Wildman–Crippen LogP) is 6.15. The van der Waals surface area contributed by atoms with Crippen molar-refractivity contribution in [1.29, 1.82) is 0 Å². The molecule has 14 heteroatoms. The number of aliphatic hydroxyl groups is 1. The fourth-order valence-electron chi connectivity index (χ4n) is 9.68. The van der Waals surface area contributed by atoms with E-state index >= 15 is 0 Å². The van der Waals surface area contributed by atoms with Gasteiger partial charge in [0.15, 0.2) is 23.3 Å². The van der Waals surface area contributed by atoms with Gasteiger partial charge in [0.05, 0.1) is 35.7 Å². The zero-order valence-corrected chi connectivity index (χ0v) is 35.8. The summed E-state index contributed by atoms with van der Waals surface area (Å²) in [5.41, 5.74) is -1.06. The highest BCUT2D eigenvalue weighted by molar-refractivity contribution is 6.00. The lowest BCUT2D eigenvalue weighted by Crippen LogP contribution is -2.59. The molecule has 14 nitrogen and oxygen atoms in total. The number of nitrogens with zero attached hydrogens (tertiary/aromatic N) is 4. The van der Waals surface area contributed by atoms with Gasteiger partial charge in [0.1, 0.15) is 23.9 Å². The molecule has 5 heterocycles. The maximum atomic E-state index is 14.8. The molecule has 0 bridgehead atoms. The van der Waals surface area contributed by atoms with Crippen molar-refractivity contribution in [2.24, 2.45) is 35.5 Å². The summed E-state index contributed by atoms with van der Waals surface area (Å²) in [6.45, 7) is 19.3. The van der Waals surface area contributed by atoms with E-state index in [1.165, 1.54) is 14.0 Å². The van der Waals surface area contributed by atoms with Gasteiger partial charge < -0.3 is 38.3 Å². The van der Waals surface area contributed by atoms with Gasteiger partial charge in [-0.25, -0.2) is 14.8 Å². The SMILES string of the molecule is CCCC1OC(=O)[C@H](C)C(=O)[C@H](C)C(O[C@@H]2O[C@H](C)C[C@H](C(C)C)[C@H]2O)[C@](C)(OC)C[C@@H](C)C(=O)[C@H](C)[C@@H]2N(CCCCn3cnc4ncccc43)C(=O)O[C@]12C. The second-order valence-corrected chi connectivity index (χ2v) is 17.6. The average Bonchev–Trinajstić information content (AvgIpc) is 3.71. The highest BCUT2D eigenvalue weighted by atomic mass is 16.7. The first-order chi connectivity index (χ1) is 26.9. The van der Waals surface area contributed by atoms with Gasteiger partial charge in [-0.3, -0.25) is 14.4 Å². The van der Waals surface area contributed by atoms with Crippen molar-refractivity contribution < 1.29 is 48.0 Å². The second-order valence-electron chi connectivity index (χ2n) is 17.6. The number of rotatable bonds is 11. The van der Waals surface area contributed by atoms with Crippen molar-refractivity contribution in [3.8, 4) is 0 Å². The average molecular weight is 799 g/mol. The van der Waals surface area contributed by atoms with E-state index in [1.54, 1.807) is 38.2 Å². The van der Waals surface area contributed by atoms with Crippen LogP contribution in [0.5, 0.6) is 0 Å². The minimum absolute atomic E-state index is 0.112. The van der Waals surface area contributed by atoms with Crippen molar-refractivity contribution in [2.75, 3.05) is 13.7 Å². The third kappa shape index (κ3) is 9.08. The van der Waals surface area contributed by atoms with Crippen LogP contribution in [0.1, 0.15) is 108 Å². The minimum atomic E-state index is -1.39. The molecular formula is C43H66N4O10. The lowest BCUT2D eigenvalue weighted by molar-refractivity contribution is -0.299. The fraction of sp³-hybridized carbons (Fsp3) is 0.767. The minimum Gasteiger partial charge on any atom is -0.457 e. The number of pyridine rings is 1. The fourth-order valence-corrected chi connectivity index (χ4v) is 9.68. The van der Waals surface area contributed by atoms with E-state index in [2.05, 4.69) is 9.97 Å². The molecule has 2 aromatic rings. The molecule has 2 unspecified atom stereocenters. The Kier molecular flexibility index (Phi) is 14.3. The number of imidazole rings is 1. The number of cyclic esters (lactones) is 1. The number of amides is 1. The number of aliphatic hydroxyl groups excluding tert-OH is 1. The van der Waals surface area contributed by atoms with E-state index in [-0.39, 0.29) is 30.1 Å².